The van der Waals surface area contributed by atoms with Crippen molar-refractivity contribution in [1.82, 2.24) is 9.78 Å². The van der Waals surface area contributed by atoms with Crippen LogP contribution in [0.2, 0.25) is 0 Å². The molecule has 0 fully saturated rings. The molecule has 0 spiro atoms. The van der Waals surface area contributed by atoms with Crippen LogP contribution in [-0.4, -0.2) is 36.2 Å². The first kappa shape index (κ1) is 16.2. The average molecular weight is 287 g/mol. The molecule has 0 aliphatic heterocycles. The summed E-state index contributed by atoms with van der Waals surface area (Å²) in [5, 5.41) is 4.55. The molecule has 1 atom stereocenters. The zero-order chi connectivity index (χ0) is 14.6. The summed E-state index contributed by atoms with van der Waals surface area (Å²) in [4.78, 5) is 0. The minimum atomic E-state index is -2.97. The van der Waals surface area contributed by atoms with Crippen LogP contribution in [0.25, 0.3) is 0 Å². The second-order valence-corrected chi connectivity index (χ2v) is 7.37. The fourth-order valence-corrected chi connectivity index (χ4v) is 2.77. The number of hydrogen-bond acceptors (Lipinski definition) is 4. The van der Waals surface area contributed by atoms with Crippen molar-refractivity contribution in [2.24, 2.45) is 5.73 Å². The molecule has 0 saturated carbocycles. The van der Waals surface area contributed by atoms with Crippen molar-refractivity contribution >= 4 is 9.84 Å². The Morgan fingerprint density at radius 1 is 1.32 bits per heavy atom. The van der Waals surface area contributed by atoms with Gasteiger partial charge in [-0.3, -0.25) is 4.68 Å². The molecular weight excluding hydrogens is 262 g/mol. The second-order valence-electron chi connectivity index (χ2n) is 5.11. The van der Waals surface area contributed by atoms with Crippen LogP contribution in [0.1, 0.15) is 37.7 Å². The molecule has 6 heteroatoms. The van der Waals surface area contributed by atoms with Gasteiger partial charge in [-0.1, -0.05) is 13.8 Å². The van der Waals surface area contributed by atoms with E-state index in [2.05, 4.69) is 18.9 Å². The number of nitrogens with two attached hydrogens (primary N) is 1. The van der Waals surface area contributed by atoms with Crippen molar-refractivity contribution in [3.8, 4) is 0 Å². The van der Waals surface area contributed by atoms with Gasteiger partial charge in [0, 0.05) is 18.0 Å². The van der Waals surface area contributed by atoms with E-state index in [0.29, 0.717) is 6.54 Å². The van der Waals surface area contributed by atoms with Gasteiger partial charge in [0.25, 0.3) is 0 Å². The van der Waals surface area contributed by atoms with E-state index < -0.39 is 9.84 Å². The summed E-state index contributed by atoms with van der Waals surface area (Å²) in [5.41, 5.74) is 9.26. The van der Waals surface area contributed by atoms with Gasteiger partial charge in [0.15, 0.2) is 0 Å². The number of aromatic nitrogens is 2. The Labute approximate surface area is 116 Å². The molecule has 0 amide bonds. The van der Waals surface area contributed by atoms with E-state index in [4.69, 9.17) is 5.73 Å². The summed E-state index contributed by atoms with van der Waals surface area (Å²) in [5.74, 6) is 0.127. The Morgan fingerprint density at radius 2 is 1.95 bits per heavy atom. The summed E-state index contributed by atoms with van der Waals surface area (Å²) in [6.45, 7) is 6.53. The molecule has 1 aromatic rings. The predicted molar refractivity (Wildman–Crippen MR) is 78.0 cm³/mol. The Balaban J connectivity index is 3.07. The Hall–Kier alpha value is -0.880. The van der Waals surface area contributed by atoms with E-state index in [9.17, 15) is 8.42 Å². The molecule has 1 rings (SSSR count). The van der Waals surface area contributed by atoms with Crippen LogP contribution >= 0.6 is 0 Å². The van der Waals surface area contributed by atoms with Gasteiger partial charge in [-0.25, -0.2) is 8.42 Å². The zero-order valence-electron chi connectivity index (χ0n) is 12.3. The summed E-state index contributed by atoms with van der Waals surface area (Å²) < 4.78 is 24.4. The molecule has 0 radical (unpaired) electrons. The van der Waals surface area contributed by atoms with Crippen LogP contribution in [0.4, 0.5) is 0 Å². The maximum absolute atomic E-state index is 11.3. The van der Waals surface area contributed by atoms with Crippen LogP contribution < -0.4 is 5.73 Å². The molecular formula is C13H25N3O2S. The van der Waals surface area contributed by atoms with Crippen LogP contribution in [0.3, 0.4) is 0 Å². The van der Waals surface area contributed by atoms with Gasteiger partial charge in [-0.15, -0.1) is 0 Å². The van der Waals surface area contributed by atoms with Crippen molar-refractivity contribution in [2.45, 2.75) is 52.6 Å². The molecule has 1 aromatic heterocycles. The largest absolute Gasteiger partial charge is 0.328 e. The van der Waals surface area contributed by atoms with Gasteiger partial charge in [0.05, 0.1) is 18.0 Å². The van der Waals surface area contributed by atoms with Crippen molar-refractivity contribution in [1.29, 1.82) is 0 Å². The lowest BCUT2D eigenvalue weighted by molar-refractivity contribution is 0.576. The van der Waals surface area contributed by atoms with Gasteiger partial charge < -0.3 is 5.73 Å². The summed E-state index contributed by atoms with van der Waals surface area (Å²) >= 11 is 0. The molecule has 1 unspecified atom stereocenters. The molecule has 0 bridgehead atoms. The van der Waals surface area contributed by atoms with Crippen molar-refractivity contribution in [2.75, 3.05) is 12.0 Å². The number of sulfone groups is 1. The standard InChI is InChI=1S/C13H25N3O2S/c1-5-12-11(9-10(3)14)13(6-2)16(15-12)7-8-19(4,17)18/h10H,5-9,14H2,1-4H3. The third-order valence-electron chi connectivity index (χ3n) is 3.12. The molecule has 2 N–H and O–H groups in total. The van der Waals surface area contributed by atoms with Gasteiger partial charge in [-0.2, -0.15) is 5.10 Å². The molecule has 110 valence electrons. The fourth-order valence-electron chi connectivity index (χ4n) is 2.26. The van der Waals surface area contributed by atoms with Gasteiger partial charge in [0.2, 0.25) is 0 Å². The monoisotopic (exact) mass is 287 g/mol. The highest BCUT2D eigenvalue weighted by atomic mass is 32.2. The van der Waals surface area contributed by atoms with Crippen LogP contribution in [0.5, 0.6) is 0 Å². The van der Waals surface area contributed by atoms with E-state index in [0.717, 1.165) is 30.7 Å². The highest BCUT2D eigenvalue weighted by Gasteiger charge is 2.17. The van der Waals surface area contributed by atoms with Crippen molar-refractivity contribution < 1.29 is 8.42 Å². The van der Waals surface area contributed by atoms with Gasteiger partial charge in [0.1, 0.15) is 9.84 Å². The minimum absolute atomic E-state index is 0.0863. The Kier molecular flexibility index (Phi) is 5.55. The summed E-state index contributed by atoms with van der Waals surface area (Å²) in [7, 11) is -2.97. The van der Waals surface area contributed by atoms with Crippen LogP contribution in [0.15, 0.2) is 0 Å². The SMILES string of the molecule is CCc1nn(CCS(C)(=O)=O)c(CC)c1CC(C)N. The smallest absolute Gasteiger partial charge is 0.149 e. The lowest BCUT2D eigenvalue weighted by atomic mass is 10.0. The predicted octanol–water partition coefficient (Wildman–Crippen LogP) is 0.942. The number of hydrogen-bond donors (Lipinski definition) is 1. The minimum Gasteiger partial charge on any atom is -0.328 e. The third kappa shape index (κ3) is 4.62. The Bertz CT molecular complexity index is 518. The number of aryl methyl sites for hydroxylation is 2. The zero-order valence-corrected chi connectivity index (χ0v) is 13.1. The van der Waals surface area contributed by atoms with Crippen LogP contribution in [-0.2, 0) is 35.6 Å². The molecule has 0 aliphatic carbocycles. The summed E-state index contributed by atoms with van der Waals surface area (Å²) in [6, 6.07) is 0.0863. The lowest BCUT2D eigenvalue weighted by Gasteiger charge is -2.09. The molecule has 0 saturated heterocycles. The average Bonchev–Trinajstić information content (AvgIpc) is 2.62. The first-order valence-corrected chi connectivity index (χ1v) is 8.85. The third-order valence-corrected chi connectivity index (χ3v) is 4.04. The quantitative estimate of drug-likeness (QED) is 0.809. The normalized spacial score (nSPS) is 13.7. The number of nitrogens with zero attached hydrogens (tertiary/aromatic N) is 2. The fraction of sp³-hybridized carbons (Fsp3) is 0.769. The van der Waals surface area contributed by atoms with E-state index in [1.165, 1.54) is 11.8 Å². The number of rotatable bonds is 7. The highest BCUT2D eigenvalue weighted by Crippen LogP contribution is 2.18. The molecule has 0 aliphatic rings. The van der Waals surface area contributed by atoms with Crippen molar-refractivity contribution in [3.63, 3.8) is 0 Å². The first-order chi connectivity index (χ1) is 8.78. The molecule has 5 nitrogen and oxygen atoms in total. The van der Waals surface area contributed by atoms with Crippen LogP contribution in [0, 0.1) is 0 Å². The second kappa shape index (κ2) is 6.52. The molecule has 1 heterocycles. The van der Waals surface area contributed by atoms with E-state index in [1.807, 2.05) is 11.6 Å². The van der Waals surface area contributed by atoms with Crippen molar-refractivity contribution in [3.05, 3.63) is 17.0 Å². The first-order valence-electron chi connectivity index (χ1n) is 6.79. The Morgan fingerprint density at radius 3 is 2.37 bits per heavy atom. The topological polar surface area (TPSA) is 78.0 Å². The molecule has 0 aromatic carbocycles. The van der Waals surface area contributed by atoms with E-state index >= 15 is 0 Å². The lowest BCUT2D eigenvalue weighted by Crippen LogP contribution is -2.19. The van der Waals surface area contributed by atoms with E-state index in [-0.39, 0.29) is 11.8 Å². The molecule has 19 heavy (non-hydrogen) atoms. The van der Waals surface area contributed by atoms with Gasteiger partial charge in [-0.05, 0) is 31.7 Å². The highest BCUT2D eigenvalue weighted by molar-refractivity contribution is 7.90. The van der Waals surface area contributed by atoms with E-state index in [1.54, 1.807) is 0 Å². The van der Waals surface area contributed by atoms with Gasteiger partial charge >= 0.3 is 0 Å². The summed E-state index contributed by atoms with van der Waals surface area (Å²) in [6.07, 6.45) is 3.75. The maximum Gasteiger partial charge on any atom is 0.149 e. The maximum atomic E-state index is 11.3.